The van der Waals surface area contributed by atoms with Gasteiger partial charge in [0.15, 0.2) is 0 Å². The molecular weight excluding hydrogens is 356 g/mol. The molecule has 0 radical (unpaired) electrons. The number of carbonyl (C=O) groups excluding carboxylic acids is 1. The molecule has 0 bridgehead atoms. The molecule has 1 fully saturated rings. The summed E-state index contributed by atoms with van der Waals surface area (Å²) in [6.45, 7) is 3.72. The molecule has 1 aliphatic heterocycles. The summed E-state index contributed by atoms with van der Waals surface area (Å²) in [6.07, 6.45) is 10.2. The van der Waals surface area contributed by atoms with Crippen molar-refractivity contribution >= 4 is 28.8 Å². The highest BCUT2D eigenvalue weighted by Gasteiger charge is 2.31. The molecule has 5 nitrogen and oxygen atoms in total. The van der Waals surface area contributed by atoms with Crippen LogP contribution in [0.15, 0.2) is 43.2 Å². The van der Waals surface area contributed by atoms with E-state index >= 15 is 0 Å². The van der Waals surface area contributed by atoms with Crippen molar-refractivity contribution in [2.24, 2.45) is 5.92 Å². The molecule has 0 spiro atoms. The van der Waals surface area contributed by atoms with Crippen molar-refractivity contribution in [1.82, 2.24) is 19.4 Å². The van der Waals surface area contributed by atoms with Crippen molar-refractivity contribution in [3.8, 4) is 10.4 Å². The lowest BCUT2D eigenvalue weighted by Crippen LogP contribution is -2.43. The highest BCUT2D eigenvalue weighted by molar-refractivity contribution is 7.19. The molecule has 1 amide bonds. The summed E-state index contributed by atoms with van der Waals surface area (Å²) in [5.74, 6) is 0.581. The van der Waals surface area contributed by atoms with Gasteiger partial charge in [-0.25, -0.2) is 4.98 Å². The lowest BCUT2D eigenvalue weighted by molar-refractivity contribution is 0.0622. The van der Waals surface area contributed by atoms with E-state index in [-0.39, 0.29) is 11.9 Å². The standard InChI is InChI=1S/C18H19ClN4OS/c1-12-4-6-22(10-15(12)23-7-5-20-11-23)18(24)14-9-21-8-13(14)16-2-3-17(19)25-16/h2-3,5,7-9,11-12,15,21H,4,6,10H2,1H3. The van der Waals surface area contributed by atoms with Crippen molar-refractivity contribution in [1.29, 1.82) is 0 Å². The summed E-state index contributed by atoms with van der Waals surface area (Å²) in [4.78, 5) is 23.3. The third-order valence-electron chi connectivity index (χ3n) is 4.93. The summed E-state index contributed by atoms with van der Waals surface area (Å²) < 4.78 is 2.84. The van der Waals surface area contributed by atoms with Gasteiger partial charge in [-0.3, -0.25) is 4.79 Å². The van der Waals surface area contributed by atoms with Crippen molar-refractivity contribution in [3.05, 3.63) is 53.1 Å². The van der Waals surface area contributed by atoms with Crippen molar-refractivity contribution in [2.45, 2.75) is 19.4 Å². The number of piperidine rings is 1. The van der Waals surface area contributed by atoms with Gasteiger partial charge in [0.2, 0.25) is 0 Å². The van der Waals surface area contributed by atoms with Crippen LogP contribution in [0.25, 0.3) is 10.4 Å². The number of hydrogen-bond donors (Lipinski definition) is 1. The van der Waals surface area contributed by atoms with Gasteiger partial charge in [0.25, 0.3) is 5.91 Å². The first-order chi connectivity index (χ1) is 12.1. The minimum absolute atomic E-state index is 0.0674. The molecule has 2 atom stereocenters. The minimum Gasteiger partial charge on any atom is -0.366 e. The molecule has 25 heavy (non-hydrogen) atoms. The van der Waals surface area contributed by atoms with E-state index < -0.39 is 0 Å². The van der Waals surface area contributed by atoms with Gasteiger partial charge in [-0.2, -0.15) is 0 Å². The quantitative estimate of drug-likeness (QED) is 0.742. The number of halogens is 1. The minimum atomic E-state index is 0.0674. The topological polar surface area (TPSA) is 53.9 Å². The number of carbonyl (C=O) groups is 1. The molecule has 7 heteroatoms. The van der Waals surface area contributed by atoms with Gasteiger partial charge in [-0.05, 0) is 24.5 Å². The van der Waals surface area contributed by atoms with Gasteiger partial charge in [-0.15, -0.1) is 11.3 Å². The first-order valence-corrected chi connectivity index (χ1v) is 9.52. The fourth-order valence-electron chi connectivity index (χ4n) is 3.46. The maximum atomic E-state index is 13.1. The number of imidazole rings is 1. The smallest absolute Gasteiger partial charge is 0.256 e. The fourth-order valence-corrected chi connectivity index (χ4v) is 4.53. The second kappa shape index (κ2) is 6.69. The molecule has 4 heterocycles. The largest absolute Gasteiger partial charge is 0.366 e. The van der Waals surface area contributed by atoms with Crippen molar-refractivity contribution in [2.75, 3.05) is 13.1 Å². The van der Waals surface area contributed by atoms with Crippen LogP contribution in [0.3, 0.4) is 0 Å². The van der Waals surface area contributed by atoms with Crippen LogP contribution in [0, 0.1) is 5.92 Å². The molecule has 2 unspecified atom stereocenters. The number of rotatable bonds is 3. The second-order valence-corrected chi connectivity index (χ2v) is 8.20. The van der Waals surface area contributed by atoms with E-state index in [0.717, 1.165) is 27.7 Å². The highest BCUT2D eigenvalue weighted by atomic mass is 35.5. The first kappa shape index (κ1) is 16.4. The normalized spacial score (nSPS) is 20.8. The maximum Gasteiger partial charge on any atom is 0.256 e. The van der Waals surface area contributed by atoms with E-state index in [1.54, 1.807) is 12.4 Å². The highest BCUT2D eigenvalue weighted by Crippen LogP contribution is 2.35. The van der Waals surface area contributed by atoms with Crippen LogP contribution in [-0.4, -0.2) is 38.4 Å². The first-order valence-electron chi connectivity index (χ1n) is 8.32. The number of likely N-dealkylation sites (tertiary alicyclic amines) is 1. The third kappa shape index (κ3) is 3.12. The molecule has 1 saturated heterocycles. The number of aromatic nitrogens is 3. The predicted molar refractivity (Wildman–Crippen MR) is 100 cm³/mol. The van der Waals surface area contributed by atoms with Gasteiger partial charge in [0, 0.05) is 48.3 Å². The number of aromatic amines is 1. The Morgan fingerprint density at radius 2 is 2.28 bits per heavy atom. The zero-order valence-corrected chi connectivity index (χ0v) is 15.4. The number of hydrogen-bond acceptors (Lipinski definition) is 3. The fraction of sp³-hybridized carbons (Fsp3) is 0.333. The van der Waals surface area contributed by atoms with E-state index in [1.165, 1.54) is 11.3 Å². The van der Waals surface area contributed by atoms with E-state index in [0.29, 0.717) is 18.0 Å². The Kier molecular flexibility index (Phi) is 4.39. The second-order valence-electron chi connectivity index (χ2n) is 6.48. The SMILES string of the molecule is CC1CCN(C(=O)c2c[nH]cc2-c2ccc(Cl)s2)CC1n1ccnc1. The van der Waals surface area contributed by atoms with Gasteiger partial charge in [-0.1, -0.05) is 18.5 Å². The van der Waals surface area contributed by atoms with Gasteiger partial charge >= 0.3 is 0 Å². The number of thiophene rings is 1. The zero-order chi connectivity index (χ0) is 17.4. The van der Waals surface area contributed by atoms with Crippen LogP contribution in [0.4, 0.5) is 0 Å². The van der Waals surface area contributed by atoms with Crippen LogP contribution in [0.2, 0.25) is 4.34 Å². The van der Waals surface area contributed by atoms with Gasteiger partial charge in [0.1, 0.15) is 0 Å². The summed E-state index contributed by atoms with van der Waals surface area (Å²) >= 11 is 7.54. The van der Waals surface area contributed by atoms with Crippen LogP contribution in [0.1, 0.15) is 29.7 Å². The van der Waals surface area contributed by atoms with E-state index in [1.807, 2.05) is 35.8 Å². The zero-order valence-electron chi connectivity index (χ0n) is 13.9. The number of nitrogens with zero attached hydrogens (tertiary/aromatic N) is 3. The lowest BCUT2D eigenvalue weighted by Gasteiger charge is -2.37. The van der Waals surface area contributed by atoms with E-state index in [9.17, 15) is 4.79 Å². The number of amides is 1. The average molecular weight is 375 g/mol. The van der Waals surface area contributed by atoms with Gasteiger partial charge < -0.3 is 14.5 Å². The number of H-pyrrole nitrogens is 1. The average Bonchev–Trinajstić information content (AvgIpc) is 3.35. The van der Waals surface area contributed by atoms with E-state index in [2.05, 4.69) is 21.5 Å². The molecule has 3 aromatic rings. The Morgan fingerprint density at radius 1 is 1.40 bits per heavy atom. The molecule has 3 aromatic heterocycles. The summed E-state index contributed by atoms with van der Waals surface area (Å²) in [7, 11) is 0. The Labute approximate surface area is 155 Å². The van der Waals surface area contributed by atoms with Crippen LogP contribution in [-0.2, 0) is 0 Å². The lowest BCUT2D eigenvalue weighted by atomic mass is 9.92. The van der Waals surface area contributed by atoms with Crippen LogP contribution >= 0.6 is 22.9 Å². The Morgan fingerprint density at radius 3 is 3.00 bits per heavy atom. The summed E-state index contributed by atoms with van der Waals surface area (Å²) in [6, 6.07) is 4.08. The van der Waals surface area contributed by atoms with Crippen molar-refractivity contribution < 1.29 is 4.79 Å². The van der Waals surface area contributed by atoms with Gasteiger partial charge in [0.05, 0.1) is 22.3 Å². The summed E-state index contributed by atoms with van der Waals surface area (Å²) in [5, 5.41) is 0. The predicted octanol–water partition coefficient (Wildman–Crippen LogP) is 4.32. The Hall–Kier alpha value is -2.05. The maximum absolute atomic E-state index is 13.1. The van der Waals surface area contributed by atoms with Crippen molar-refractivity contribution in [3.63, 3.8) is 0 Å². The monoisotopic (exact) mass is 374 g/mol. The van der Waals surface area contributed by atoms with E-state index in [4.69, 9.17) is 11.6 Å². The Bertz CT molecular complexity index is 869. The molecule has 0 aliphatic carbocycles. The molecule has 4 rings (SSSR count). The summed E-state index contributed by atoms with van der Waals surface area (Å²) in [5.41, 5.74) is 1.62. The van der Waals surface area contributed by atoms with Crippen LogP contribution < -0.4 is 0 Å². The molecule has 1 aliphatic rings. The Balaban J connectivity index is 1.58. The molecule has 0 aromatic carbocycles. The molecule has 130 valence electrons. The molecular formula is C18H19ClN4OS. The number of nitrogens with one attached hydrogen (secondary N) is 1. The molecule has 1 N–H and O–H groups in total. The molecule has 0 saturated carbocycles. The van der Waals surface area contributed by atoms with Crippen LogP contribution in [0.5, 0.6) is 0 Å². The third-order valence-corrected chi connectivity index (χ3v) is 6.19.